The number of carbonyl (C=O) groups excluding carboxylic acids is 1. The number of hydrogen-bond acceptors (Lipinski definition) is 4. The molecule has 2 aliphatic rings. The van der Waals surface area contributed by atoms with Crippen molar-refractivity contribution in [2.75, 3.05) is 6.61 Å². The lowest BCUT2D eigenvalue weighted by Gasteiger charge is -2.23. The molecule has 17 heavy (non-hydrogen) atoms. The van der Waals surface area contributed by atoms with Gasteiger partial charge in [-0.2, -0.15) is 0 Å². The van der Waals surface area contributed by atoms with Gasteiger partial charge in [0.05, 0.1) is 12.2 Å². The van der Waals surface area contributed by atoms with Crippen LogP contribution < -0.4 is 5.32 Å². The van der Waals surface area contributed by atoms with E-state index in [4.69, 9.17) is 5.11 Å². The molecule has 0 aromatic heterocycles. The topological polar surface area (TPSA) is 89.8 Å². The molecule has 0 aromatic carbocycles. The van der Waals surface area contributed by atoms with Crippen LogP contribution in [0.5, 0.6) is 0 Å². The first-order chi connectivity index (χ1) is 8.04. The minimum absolute atomic E-state index is 0.184. The van der Waals surface area contributed by atoms with Crippen molar-refractivity contribution in [3.8, 4) is 0 Å². The van der Waals surface area contributed by atoms with E-state index >= 15 is 0 Å². The number of amides is 1. The Balaban J connectivity index is 2.18. The quantitative estimate of drug-likeness (QED) is 0.513. The molecule has 1 saturated carbocycles. The van der Waals surface area contributed by atoms with Crippen LogP contribution >= 0.6 is 0 Å². The Morgan fingerprint density at radius 2 is 2.12 bits per heavy atom. The van der Waals surface area contributed by atoms with Crippen LogP contribution in [0.4, 0.5) is 0 Å². The molecule has 1 heterocycles. The molecule has 1 fully saturated rings. The summed E-state index contributed by atoms with van der Waals surface area (Å²) in [6.07, 6.45) is 0.746. The van der Waals surface area contributed by atoms with Crippen LogP contribution in [0.25, 0.3) is 0 Å². The van der Waals surface area contributed by atoms with Gasteiger partial charge in [-0.25, -0.2) is 0 Å². The fourth-order valence-electron chi connectivity index (χ4n) is 2.54. The van der Waals surface area contributed by atoms with Crippen molar-refractivity contribution in [2.24, 2.45) is 11.8 Å². The van der Waals surface area contributed by atoms with Crippen LogP contribution in [-0.2, 0) is 4.79 Å². The van der Waals surface area contributed by atoms with Crippen LogP contribution in [-0.4, -0.2) is 40.0 Å². The first-order valence-corrected chi connectivity index (χ1v) is 5.70. The Bertz CT molecular complexity index is 377. The van der Waals surface area contributed by atoms with Crippen LogP contribution in [0.2, 0.25) is 0 Å². The van der Waals surface area contributed by atoms with Crippen molar-refractivity contribution in [2.45, 2.75) is 25.0 Å². The minimum atomic E-state index is -0.990. The molecule has 2 rings (SSSR count). The third-order valence-electron chi connectivity index (χ3n) is 3.56. The summed E-state index contributed by atoms with van der Waals surface area (Å²) in [5.74, 6) is -1.04. The normalized spacial score (nSPS) is 37.9. The van der Waals surface area contributed by atoms with E-state index in [1.165, 1.54) is 0 Å². The van der Waals surface area contributed by atoms with Gasteiger partial charge in [0, 0.05) is 36.1 Å². The Hall–Kier alpha value is -1.17. The fourth-order valence-corrected chi connectivity index (χ4v) is 2.54. The summed E-state index contributed by atoms with van der Waals surface area (Å²) in [6.45, 7) is 3.48. The Morgan fingerprint density at radius 3 is 2.65 bits per heavy atom. The van der Waals surface area contributed by atoms with E-state index in [2.05, 4.69) is 11.9 Å². The third kappa shape index (κ3) is 2.13. The number of allylic oxidation sites excluding steroid dienone is 1. The van der Waals surface area contributed by atoms with Gasteiger partial charge in [0.2, 0.25) is 0 Å². The largest absolute Gasteiger partial charge is 0.396 e. The van der Waals surface area contributed by atoms with E-state index in [1.54, 1.807) is 6.08 Å². The maximum atomic E-state index is 11.7. The number of aliphatic hydroxyl groups is 3. The lowest BCUT2D eigenvalue weighted by Crippen LogP contribution is -2.35. The highest BCUT2D eigenvalue weighted by atomic mass is 16.3. The monoisotopic (exact) mass is 239 g/mol. The average Bonchev–Trinajstić information content (AvgIpc) is 2.57. The first-order valence-electron chi connectivity index (χ1n) is 5.70. The molecule has 0 saturated heterocycles. The van der Waals surface area contributed by atoms with E-state index in [9.17, 15) is 15.0 Å². The molecular formula is C12H17NO4. The molecule has 94 valence electrons. The highest BCUT2D eigenvalue weighted by Gasteiger charge is 2.44. The molecule has 4 N–H and O–H groups in total. The second kappa shape index (κ2) is 4.60. The molecule has 1 aliphatic carbocycles. The molecule has 5 heteroatoms. The minimum Gasteiger partial charge on any atom is -0.396 e. The zero-order chi connectivity index (χ0) is 12.6. The molecule has 0 unspecified atom stereocenters. The van der Waals surface area contributed by atoms with Crippen molar-refractivity contribution in [3.63, 3.8) is 0 Å². The van der Waals surface area contributed by atoms with E-state index in [-0.39, 0.29) is 18.4 Å². The van der Waals surface area contributed by atoms with Crippen LogP contribution in [0, 0.1) is 11.8 Å². The van der Waals surface area contributed by atoms with E-state index in [0.29, 0.717) is 24.1 Å². The number of nitrogens with one attached hydrogen (secondary N) is 1. The molecule has 1 amide bonds. The lowest BCUT2D eigenvalue weighted by atomic mass is 9.91. The van der Waals surface area contributed by atoms with Crippen molar-refractivity contribution in [1.29, 1.82) is 0 Å². The summed E-state index contributed by atoms with van der Waals surface area (Å²) in [4.78, 5) is 11.7. The van der Waals surface area contributed by atoms with Crippen molar-refractivity contribution < 1.29 is 20.1 Å². The molecular weight excluding hydrogens is 222 g/mol. The Labute approximate surface area is 99.5 Å². The van der Waals surface area contributed by atoms with Crippen LogP contribution in [0.3, 0.4) is 0 Å². The molecule has 0 radical (unpaired) electrons. The van der Waals surface area contributed by atoms with Gasteiger partial charge < -0.3 is 20.6 Å². The summed E-state index contributed by atoms with van der Waals surface area (Å²) in [6, 6.07) is 0. The van der Waals surface area contributed by atoms with Gasteiger partial charge in [0.1, 0.15) is 0 Å². The van der Waals surface area contributed by atoms with Gasteiger partial charge in [-0.3, -0.25) is 4.79 Å². The molecule has 0 bridgehead atoms. The maximum Gasteiger partial charge on any atom is 0.251 e. The highest BCUT2D eigenvalue weighted by molar-refractivity contribution is 5.96. The lowest BCUT2D eigenvalue weighted by molar-refractivity contribution is -0.118. The van der Waals surface area contributed by atoms with Crippen LogP contribution in [0.1, 0.15) is 12.8 Å². The second-order valence-corrected chi connectivity index (χ2v) is 4.69. The van der Waals surface area contributed by atoms with Crippen molar-refractivity contribution in [1.82, 2.24) is 5.32 Å². The molecule has 5 nitrogen and oxygen atoms in total. The Morgan fingerprint density at radius 1 is 1.41 bits per heavy atom. The average molecular weight is 239 g/mol. The summed E-state index contributed by atoms with van der Waals surface area (Å²) < 4.78 is 0. The highest BCUT2D eigenvalue weighted by Crippen LogP contribution is 2.37. The van der Waals surface area contributed by atoms with E-state index in [1.807, 2.05) is 0 Å². The van der Waals surface area contributed by atoms with E-state index < -0.39 is 18.1 Å². The predicted molar refractivity (Wildman–Crippen MR) is 60.7 cm³/mol. The molecule has 4 atom stereocenters. The SMILES string of the molecule is C=C1CC=C([C@@H]2C[C@H](CO)[C@@H](O)[C@H]2O)C(=O)N1. The predicted octanol–water partition coefficient (Wildman–Crippen LogP) is -0.703. The zero-order valence-electron chi connectivity index (χ0n) is 9.47. The number of rotatable bonds is 2. The van der Waals surface area contributed by atoms with Gasteiger partial charge in [-0.15, -0.1) is 0 Å². The number of aliphatic hydroxyl groups excluding tert-OH is 3. The summed E-state index contributed by atoms with van der Waals surface area (Å²) >= 11 is 0. The van der Waals surface area contributed by atoms with Gasteiger partial charge in [0.25, 0.3) is 5.91 Å². The standard InChI is InChI=1S/C12H17NO4/c1-6-2-3-8(12(17)13-6)9-4-7(5-14)10(15)11(9)16/h3,7,9-11,14-16H,1-2,4-5H2,(H,13,17)/t7-,9+,10-,11+/m1/s1. The molecule has 1 aliphatic heterocycles. The fraction of sp³-hybridized carbons (Fsp3) is 0.583. The third-order valence-corrected chi connectivity index (χ3v) is 3.56. The summed E-state index contributed by atoms with van der Waals surface area (Å²) in [5.41, 5.74) is 1.12. The summed E-state index contributed by atoms with van der Waals surface area (Å²) in [5, 5.41) is 31.3. The summed E-state index contributed by atoms with van der Waals surface area (Å²) in [7, 11) is 0. The Kier molecular flexibility index (Phi) is 3.33. The zero-order valence-corrected chi connectivity index (χ0v) is 9.47. The van der Waals surface area contributed by atoms with Gasteiger partial charge in [-0.05, 0) is 6.42 Å². The van der Waals surface area contributed by atoms with Crippen molar-refractivity contribution in [3.05, 3.63) is 23.9 Å². The van der Waals surface area contributed by atoms with E-state index in [0.717, 1.165) is 0 Å². The number of hydrogen-bond donors (Lipinski definition) is 4. The number of carbonyl (C=O) groups is 1. The molecule has 0 spiro atoms. The second-order valence-electron chi connectivity index (χ2n) is 4.69. The van der Waals surface area contributed by atoms with Gasteiger partial charge in [0.15, 0.2) is 0 Å². The van der Waals surface area contributed by atoms with Crippen molar-refractivity contribution >= 4 is 5.91 Å². The van der Waals surface area contributed by atoms with Crippen LogP contribution in [0.15, 0.2) is 23.9 Å². The van der Waals surface area contributed by atoms with Gasteiger partial charge >= 0.3 is 0 Å². The maximum absolute atomic E-state index is 11.7. The van der Waals surface area contributed by atoms with Gasteiger partial charge in [-0.1, -0.05) is 12.7 Å². The molecule has 0 aromatic rings. The first kappa shape index (κ1) is 12.3. The smallest absolute Gasteiger partial charge is 0.251 e.